The molecule has 5 heteroatoms. The molecule has 1 aliphatic heterocycles. The molecule has 0 saturated carbocycles. The van der Waals surface area contributed by atoms with E-state index >= 15 is 0 Å². The van der Waals surface area contributed by atoms with Crippen molar-refractivity contribution in [3.63, 3.8) is 0 Å². The first-order valence-corrected chi connectivity index (χ1v) is 9.39. The summed E-state index contributed by atoms with van der Waals surface area (Å²) in [6.45, 7) is 1.90. The van der Waals surface area contributed by atoms with E-state index in [0.29, 0.717) is 0 Å². The van der Waals surface area contributed by atoms with Crippen LogP contribution in [0, 0.1) is 0 Å². The molecular formula is C18H19BrN2OS. The van der Waals surface area contributed by atoms with Gasteiger partial charge in [0.25, 0.3) is 0 Å². The molecule has 0 amide bonds. The molecule has 0 saturated heterocycles. The number of rotatable bonds is 5. The van der Waals surface area contributed by atoms with Gasteiger partial charge in [-0.1, -0.05) is 40.2 Å². The summed E-state index contributed by atoms with van der Waals surface area (Å²) in [7, 11) is 1.71. The van der Waals surface area contributed by atoms with Crippen LogP contribution in [0.2, 0.25) is 0 Å². The van der Waals surface area contributed by atoms with Gasteiger partial charge in [0, 0.05) is 39.3 Å². The van der Waals surface area contributed by atoms with E-state index in [-0.39, 0.29) is 0 Å². The smallest absolute Gasteiger partial charge is 0.129 e. The maximum atomic E-state index is 5.48. The van der Waals surface area contributed by atoms with Crippen LogP contribution in [0.1, 0.15) is 17.5 Å². The van der Waals surface area contributed by atoms with Crippen molar-refractivity contribution in [2.75, 3.05) is 20.2 Å². The number of thioether (sulfide) groups is 1. The van der Waals surface area contributed by atoms with E-state index < -0.39 is 0 Å². The van der Waals surface area contributed by atoms with E-state index in [2.05, 4.69) is 56.6 Å². The molecule has 1 aliphatic rings. The van der Waals surface area contributed by atoms with Crippen LogP contribution in [0.25, 0.3) is 0 Å². The lowest BCUT2D eigenvalue weighted by Gasteiger charge is -2.17. The fraction of sp³-hybridized carbons (Fsp3) is 0.278. The molecule has 2 aromatic rings. The number of ether oxygens (including phenoxy) is 1. The highest BCUT2D eigenvalue weighted by molar-refractivity contribution is 9.10. The molecule has 0 atom stereocenters. The molecule has 23 heavy (non-hydrogen) atoms. The largest absolute Gasteiger partial charge is 0.496 e. The van der Waals surface area contributed by atoms with E-state index in [9.17, 15) is 0 Å². The van der Waals surface area contributed by atoms with Crippen LogP contribution in [0.4, 0.5) is 0 Å². The van der Waals surface area contributed by atoms with Gasteiger partial charge in [-0.2, -0.15) is 0 Å². The molecular weight excluding hydrogens is 372 g/mol. The van der Waals surface area contributed by atoms with E-state index in [1.165, 1.54) is 16.0 Å². The van der Waals surface area contributed by atoms with Crippen LogP contribution in [0.3, 0.4) is 0 Å². The average molecular weight is 391 g/mol. The summed E-state index contributed by atoms with van der Waals surface area (Å²) >= 11 is 5.43. The quantitative estimate of drug-likeness (QED) is 0.763. The Morgan fingerprint density at radius 1 is 1.22 bits per heavy atom. The van der Waals surface area contributed by atoms with Gasteiger partial charge in [0.2, 0.25) is 0 Å². The lowest BCUT2D eigenvalue weighted by atomic mass is 10.2. The van der Waals surface area contributed by atoms with Gasteiger partial charge in [-0.25, -0.2) is 0 Å². The molecule has 0 aromatic heterocycles. The van der Waals surface area contributed by atoms with Crippen molar-refractivity contribution in [3.8, 4) is 5.75 Å². The number of hydrogen-bond donors (Lipinski definition) is 1. The van der Waals surface area contributed by atoms with Crippen LogP contribution >= 0.6 is 27.7 Å². The summed E-state index contributed by atoms with van der Waals surface area (Å²) in [6.07, 6.45) is 1.10. The van der Waals surface area contributed by atoms with Crippen LogP contribution in [-0.2, 0) is 5.75 Å². The first-order valence-electron chi connectivity index (χ1n) is 7.61. The fourth-order valence-electron chi connectivity index (χ4n) is 2.52. The summed E-state index contributed by atoms with van der Waals surface area (Å²) in [4.78, 5) is 5.86. The van der Waals surface area contributed by atoms with E-state index in [1.54, 1.807) is 18.9 Å². The van der Waals surface area contributed by atoms with Gasteiger partial charge < -0.3 is 10.1 Å². The van der Waals surface area contributed by atoms with Gasteiger partial charge >= 0.3 is 0 Å². The van der Waals surface area contributed by atoms with Crippen molar-refractivity contribution in [1.82, 2.24) is 5.32 Å². The SMILES string of the molecule is COc1cccc(Br)c1CSc1ccccc1C1=NCCCN1. The van der Waals surface area contributed by atoms with Gasteiger partial charge in [0.1, 0.15) is 11.6 Å². The average Bonchev–Trinajstić information content (AvgIpc) is 2.61. The predicted octanol–water partition coefficient (Wildman–Crippen LogP) is 4.49. The zero-order chi connectivity index (χ0) is 16.1. The summed E-state index contributed by atoms with van der Waals surface area (Å²) in [6, 6.07) is 14.5. The molecule has 3 rings (SSSR count). The Hall–Kier alpha value is -1.46. The third kappa shape index (κ3) is 3.90. The third-order valence-corrected chi connectivity index (χ3v) is 5.55. The number of nitrogens with zero attached hydrogens (tertiary/aromatic N) is 1. The van der Waals surface area contributed by atoms with Gasteiger partial charge in [-0.15, -0.1) is 11.8 Å². The van der Waals surface area contributed by atoms with Crippen molar-refractivity contribution in [1.29, 1.82) is 0 Å². The standard InChI is InChI=1S/C18H19BrN2OS/c1-22-16-8-4-7-15(19)14(16)12-23-17-9-3-2-6-13(17)18-20-10-5-11-21-18/h2-4,6-9H,5,10-12H2,1H3,(H,20,21). The Balaban J connectivity index is 1.83. The van der Waals surface area contributed by atoms with Gasteiger partial charge in [0.15, 0.2) is 0 Å². The molecule has 0 aliphatic carbocycles. The maximum absolute atomic E-state index is 5.48. The number of halogens is 1. The predicted molar refractivity (Wildman–Crippen MR) is 101 cm³/mol. The number of methoxy groups -OCH3 is 1. The molecule has 3 nitrogen and oxygen atoms in total. The van der Waals surface area contributed by atoms with Crippen molar-refractivity contribution in [3.05, 3.63) is 58.1 Å². The molecule has 0 fully saturated rings. The first-order chi connectivity index (χ1) is 11.3. The Labute approximate surface area is 149 Å². The number of benzene rings is 2. The Morgan fingerprint density at radius 2 is 2.09 bits per heavy atom. The summed E-state index contributed by atoms with van der Waals surface area (Å²) in [5.41, 5.74) is 2.36. The number of aliphatic imine (C=N–C) groups is 1. The highest BCUT2D eigenvalue weighted by Crippen LogP contribution is 2.34. The zero-order valence-electron chi connectivity index (χ0n) is 13.0. The third-order valence-electron chi connectivity index (χ3n) is 3.71. The van der Waals surface area contributed by atoms with Crippen LogP contribution < -0.4 is 10.1 Å². The van der Waals surface area contributed by atoms with Crippen molar-refractivity contribution in [2.45, 2.75) is 17.1 Å². The van der Waals surface area contributed by atoms with Crippen LogP contribution in [-0.4, -0.2) is 26.0 Å². The summed E-state index contributed by atoms with van der Waals surface area (Å²) < 4.78 is 6.56. The monoisotopic (exact) mass is 390 g/mol. The second-order valence-corrected chi connectivity index (χ2v) is 7.09. The first kappa shape index (κ1) is 16.4. The number of nitrogens with one attached hydrogen (secondary N) is 1. The van der Waals surface area contributed by atoms with Gasteiger partial charge in [0.05, 0.1) is 7.11 Å². The minimum Gasteiger partial charge on any atom is -0.496 e. The maximum Gasteiger partial charge on any atom is 0.129 e. The van der Waals surface area contributed by atoms with Crippen molar-refractivity contribution < 1.29 is 4.74 Å². The summed E-state index contributed by atoms with van der Waals surface area (Å²) in [5, 5.41) is 3.41. The second-order valence-electron chi connectivity index (χ2n) is 5.22. The van der Waals surface area contributed by atoms with E-state index in [4.69, 9.17) is 4.74 Å². The lowest BCUT2D eigenvalue weighted by Crippen LogP contribution is -2.30. The van der Waals surface area contributed by atoms with E-state index in [0.717, 1.165) is 41.3 Å². The van der Waals surface area contributed by atoms with Crippen LogP contribution in [0.15, 0.2) is 56.8 Å². The Morgan fingerprint density at radius 3 is 2.87 bits per heavy atom. The topological polar surface area (TPSA) is 33.6 Å². The van der Waals surface area contributed by atoms with Crippen LogP contribution in [0.5, 0.6) is 5.75 Å². The zero-order valence-corrected chi connectivity index (χ0v) is 15.4. The van der Waals surface area contributed by atoms with Gasteiger partial charge in [-0.05, 0) is 24.6 Å². The molecule has 0 spiro atoms. The lowest BCUT2D eigenvalue weighted by molar-refractivity contribution is 0.411. The molecule has 0 radical (unpaired) electrons. The Kier molecular flexibility index (Phi) is 5.62. The molecule has 1 heterocycles. The second kappa shape index (κ2) is 7.88. The number of hydrogen-bond acceptors (Lipinski definition) is 4. The van der Waals surface area contributed by atoms with E-state index in [1.807, 2.05) is 12.1 Å². The highest BCUT2D eigenvalue weighted by Gasteiger charge is 2.13. The van der Waals surface area contributed by atoms with Crippen molar-refractivity contribution in [2.24, 2.45) is 4.99 Å². The molecule has 2 aromatic carbocycles. The number of amidine groups is 1. The molecule has 0 unspecified atom stereocenters. The van der Waals surface area contributed by atoms with Gasteiger partial charge in [-0.3, -0.25) is 4.99 Å². The summed E-state index contributed by atoms with van der Waals surface area (Å²) in [5.74, 6) is 2.77. The normalized spacial score (nSPS) is 14.1. The highest BCUT2D eigenvalue weighted by atomic mass is 79.9. The Bertz CT molecular complexity index is 718. The minimum absolute atomic E-state index is 0.842. The molecule has 0 bridgehead atoms. The fourth-order valence-corrected chi connectivity index (χ4v) is 4.29. The van der Waals surface area contributed by atoms with Crippen molar-refractivity contribution >= 4 is 33.5 Å². The molecule has 1 N–H and O–H groups in total. The minimum atomic E-state index is 0.842. The molecule has 120 valence electrons.